The highest BCUT2D eigenvalue weighted by atomic mass is 16.2. The van der Waals surface area contributed by atoms with Crippen molar-refractivity contribution in [3.05, 3.63) is 76.2 Å². The lowest BCUT2D eigenvalue weighted by atomic mass is 10.0. The first kappa shape index (κ1) is 21.7. The molecule has 2 aromatic carbocycles. The van der Waals surface area contributed by atoms with Crippen LogP contribution in [0.4, 0.5) is 0 Å². The van der Waals surface area contributed by atoms with E-state index in [4.69, 9.17) is 0 Å². The standard InChI is InChI=1S/C22H23N5O4/c1-3-27-22(31)17-12-8-7-11-16(17)20(26-27)21(30)25-24-19(29)13-18(23-14(2)28)15-9-5-4-6-10-15/h4-12,18H,3,13H2,1-2H3,(H,23,28)(H,24,29)(H,25,30)/t18-/m0/s1. The van der Waals surface area contributed by atoms with Crippen molar-refractivity contribution in [2.75, 3.05) is 0 Å². The molecule has 3 amide bonds. The number of amides is 3. The van der Waals surface area contributed by atoms with E-state index in [2.05, 4.69) is 21.3 Å². The molecule has 0 aliphatic carbocycles. The number of carbonyl (C=O) groups excluding carboxylic acids is 3. The number of aryl methyl sites for hydroxylation is 1. The lowest BCUT2D eigenvalue weighted by Crippen LogP contribution is -2.44. The highest BCUT2D eigenvalue weighted by Crippen LogP contribution is 2.16. The van der Waals surface area contributed by atoms with E-state index in [1.165, 1.54) is 11.6 Å². The van der Waals surface area contributed by atoms with E-state index in [9.17, 15) is 19.2 Å². The Labute approximate surface area is 178 Å². The number of hydrogen-bond donors (Lipinski definition) is 3. The van der Waals surface area contributed by atoms with E-state index in [1.807, 2.05) is 18.2 Å². The summed E-state index contributed by atoms with van der Waals surface area (Å²) >= 11 is 0. The summed E-state index contributed by atoms with van der Waals surface area (Å²) in [5, 5.41) is 7.62. The summed E-state index contributed by atoms with van der Waals surface area (Å²) in [6.45, 7) is 3.42. The fourth-order valence-corrected chi connectivity index (χ4v) is 3.22. The summed E-state index contributed by atoms with van der Waals surface area (Å²) in [7, 11) is 0. The number of aromatic nitrogens is 2. The van der Waals surface area contributed by atoms with E-state index in [0.717, 1.165) is 5.56 Å². The summed E-state index contributed by atoms with van der Waals surface area (Å²) in [4.78, 5) is 49.1. The predicted molar refractivity (Wildman–Crippen MR) is 115 cm³/mol. The highest BCUT2D eigenvalue weighted by Gasteiger charge is 2.19. The number of fused-ring (bicyclic) bond motifs is 1. The Balaban J connectivity index is 1.74. The minimum atomic E-state index is -0.650. The Morgan fingerprint density at radius 3 is 2.26 bits per heavy atom. The number of hydrazine groups is 1. The zero-order chi connectivity index (χ0) is 22.4. The molecule has 3 N–H and O–H groups in total. The van der Waals surface area contributed by atoms with Gasteiger partial charge in [0.2, 0.25) is 11.8 Å². The van der Waals surface area contributed by atoms with Crippen molar-refractivity contribution in [3.8, 4) is 0 Å². The fraction of sp³-hybridized carbons (Fsp3) is 0.227. The van der Waals surface area contributed by atoms with Crippen molar-refractivity contribution in [1.82, 2.24) is 25.9 Å². The van der Waals surface area contributed by atoms with Crippen LogP contribution in [0.3, 0.4) is 0 Å². The normalized spacial score (nSPS) is 11.5. The quantitative estimate of drug-likeness (QED) is 0.520. The Hall–Kier alpha value is -4.01. The van der Waals surface area contributed by atoms with Crippen LogP contribution < -0.4 is 21.7 Å². The molecule has 0 bridgehead atoms. The van der Waals surface area contributed by atoms with Crippen molar-refractivity contribution in [2.45, 2.75) is 32.9 Å². The van der Waals surface area contributed by atoms with E-state index < -0.39 is 17.9 Å². The maximum Gasteiger partial charge on any atom is 0.290 e. The Morgan fingerprint density at radius 1 is 0.968 bits per heavy atom. The van der Waals surface area contributed by atoms with Crippen LogP contribution in [0.1, 0.15) is 42.4 Å². The third-order valence-corrected chi connectivity index (χ3v) is 4.67. The molecule has 1 aromatic heterocycles. The van der Waals surface area contributed by atoms with Gasteiger partial charge in [-0.25, -0.2) is 4.68 Å². The van der Waals surface area contributed by atoms with E-state index in [-0.39, 0.29) is 23.6 Å². The second kappa shape index (κ2) is 9.66. The first-order valence-corrected chi connectivity index (χ1v) is 9.81. The topological polar surface area (TPSA) is 122 Å². The molecule has 3 rings (SSSR count). The van der Waals surface area contributed by atoms with Gasteiger partial charge in [0.05, 0.1) is 17.8 Å². The van der Waals surface area contributed by atoms with Crippen molar-refractivity contribution in [1.29, 1.82) is 0 Å². The summed E-state index contributed by atoms with van der Waals surface area (Å²) in [6.07, 6.45) is -0.0769. The van der Waals surface area contributed by atoms with E-state index in [1.54, 1.807) is 43.3 Å². The molecule has 31 heavy (non-hydrogen) atoms. The van der Waals surface area contributed by atoms with Gasteiger partial charge >= 0.3 is 0 Å². The van der Waals surface area contributed by atoms with Gasteiger partial charge in [-0.2, -0.15) is 5.10 Å². The van der Waals surface area contributed by atoms with Gasteiger partial charge in [0, 0.05) is 18.9 Å². The van der Waals surface area contributed by atoms with Gasteiger partial charge in [-0.1, -0.05) is 48.5 Å². The molecule has 0 saturated heterocycles. The SMILES string of the molecule is CCn1nc(C(=O)NNC(=O)C[C@H](NC(C)=O)c2ccccc2)c2ccccc2c1=O. The van der Waals surface area contributed by atoms with Crippen LogP contribution in [0.5, 0.6) is 0 Å². The molecule has 0 aliphatic heterocycles. The zero-order valence-corrected chi connectivity index (χ0v) is 17.2. The molecule has 0 radical (unpaired) electrons. The van der Waals surface area contributed by atoms with Crippen LogP contribution in [-0.4, -0.2) is 27.5 Å². The summed E-state index contributed by atoms with van der Waals surface area (Å²) in [5.41, 5.74) is 5.20. The second-order valence-electron chi connectivity index (χ2n) is 6.89. The average Bonchev–Trinajstić information content (AvgIpc) is 2.78. The van der Waals surface area contributed by atoms with Gasteiger partial charge in [-0.05, 0) is 18.6 Å². The molecule has 0 spiro atoms. The zero-order valence-electron chi connectivity index (χ0n) is 17.2. The number of nitrogens with one attached hydrogen (secondary N) is 3. The maximum absolute atomic E-state index is 12.7. The smallest absolute Gasteiger partial charge is 0.290 e. The average molecular weight is 421 g/mol. The minimum absolute atomic E-state index is 0.0267. The Kier molecular flexibility index (Phi) is 6.76. The van der Waals surface area contributed by atoms with Gasteiger partial charge in [-0.3, -0.25) is 30.0 Å². The van der Waals surface area contributed by atoms with Crippen molar-refractivity contribution >= 4 is 28.5 Å². The van der Waals surface area contributed by atoms with Crippen molar-refractivity contribution in [3.63, 3.8) is 0 Å². The minimum Gasteiger partial charge on any atom is -0.349 e. The summed E-state index contributed by atoms with van der Waals surface area (Å²) < 4.78 is 1.20. The fourth-order valence-electron chi connectivity index (χ4n) is 3.22. The highest BCUT2D eigenvalue weighted by molar-refractivity contribution is 6.05. The number of hydrogen-bond acceptors (Lipinski definition) is 5. The molecule has 0 fully saturated rings. The monoisotopic (exact) mass is 421 g/mol. The van der Waals surface area contributed by atoms with Gasteiger partial charge in [-0.15, -0.1) is 0 Å². The number of benzene rings is 2. The molecule has 1 atom stereocenters. The van der Waals surface area contributed by atoms with Crippen molar-refractivity contribution < 1.29 is 14.4 Å². The number of carbonyl (C=O) groups is 3. The Morgan fingerprint density at radius 2 is 1.61 bits per heavy atom. The van der Waals surface area contributed by atoms with Gasteiger partial charge in [0.25, 0.3) is 11.5 Å². The molecule has 0 unspecified atom stereocenters. The molecule has 9 nitrogen and oxygen atoms in total. The second-order valence-corrected chi connectivity index (χ2v) is 6.89. The van der Waals surface area contributed by atoms with Crippen LogP contribution in [0.15, 0.2) is 59.4 Å². The lowest BCUT2D eigenvalue weighted by molar-refractivity contribution is -0.123. The van der Waals surface area contributed by atoms with Gasteiger partial charge in [0.1, 0.15) is 0 Å². The summed E-state index contributed by atoms with van der Waals surface area (Å²) in [6, 6.07) is 15.2. The molecule has 1 heterocycles. The predicted octanol–water partition coefficient (Wildman–Crippen LogP) is 1.44. The molecule has 3 aromatic rings. The molecule has 160 valence electrons. The van der Waals surface area contributed by atoms with Crippen molar-refractivity contribution in [2.24, 2.45) is 0 Å². The molecule has 0 saturated carbocycles. The third-order valence-electron chi connectivity index (χ3n) is 4.67. The molecular formula is C22H23N5O4. The summed E-state index contributed by atoms with van der Waals surface area (Å²) in [5.74, 6) is -1.42. The largest absolute Gasteiger partial charge is 0.349 e. The number of rotatable bonds is 6. The lowest BCUT2D eigenvalue weighted by Gasteiger charge is -2.18. The van der Waals surface area contributed by atoms with Crippen LogP contribution in [-0.2, 0) is 16.1 Å². The molecule has 0 aliphatic rings. The first-order valence-electron chi connectivity index (χ1n) is 9.81. The number of nitrogens with zero attached hydrogens (tertiary/aromatic N) is 2. The first-order chi connectivity index (χ1) is 14.9. The maximum atomic E-state index is 12.7. The molecular weight excluding hydrogens is 398 g/mol. The van der Waals surface area contributed by atoms with Crippen LogP contribution in [0.25, 0.3) is 10.8 Å². The Bertz CT molecular complexity index is 1170. The van der Waals surface area contributed by atoms with Gasteiger partial charge in [0.15, 0.2) is 5.69 Å². The third kappa shape index (κ3) is 5.13. The van der Waals surface area contributed by atoms with Crippen LogP contribution in [0.2, 0.25) is 0 Å². The van der Waals surface area contributed by atoms with Gasteiger partial charge < -0.3 is 5.32 Å². The van der Waals surface area contributed by atoms with Crippen LogP contribution in [0, 0.1) is 0 Å². The molecule has 9 heteroatoms. The van der Waals surface area contributed by atoms with E-state index in [0.29, 0.717) is 17.3 Å². The van der Waals surface area contributed by atoms with E-state index >= 15 is 0 Å². The van der Waals surface area contributed by atoms with Crippen LogP contribution >= 0.6 is 0 Å².